The molecule has 124 valence electrons. The first-order chi connectivity index (χ1) is 10.3. The fourth-order valence-electron chi connectivity index (χ4n) is 2.78. The van der Waals surface area contributed by atoms with Crippen molar-refractivity contribution in [2.75, 3.05) is 20.2 Å². The monoisotopic (exact) mass is 417 g/mol. The molecule has 1 aromatic rings. The molecule has 0 aliphatic heterocycles. The summed E-state index contributed by atoms with van der Waals surface area (Å²) in [7, 11) is 1.72. The van der Waals surface area contributed by atoms with Crippen molar-refractivity contribution >= 4 is 29.9 Å². The number of ether oxygens (including phenoxy) is 1. The van der Waals surface area contributed by atoms with Gasteiger partial charge < -0.3 is 15.4 Å². The van der Waals surface area contributed by atoms with Gasteiger partial charge in [-0.05, 0) is 37.8 Å². The maximum Gasteiger partial charge on any atom is 0.191 e. The highest BCUT2D eigenvalue weighted by molar-refractivity contribution is 14.0. The van der Waals surface area contributed by atoms with E-state index in [9.17, 15) is 0 Å². The van der Waals surface area contributed by atoms with Crippen molar-refractivity contribution in [3.8, 4) is 5.75 Å². The van der Waals surface area contributed by atoms with E-state index in [4.69, 9.17) is 4.74 Å². The highest BCUT2D eigenvalue weighted by Crippen LogP contribution is 2.18. The first-order valence-corrected chi connectivity index (χ1v) is 8.00. The zero-order chi connectivity index (χ0) is 14.9. The minimum atomic E-state index is 0. The van der Waals surface area contributed by atoms with E-state index < -0.39 is 0 Å². The van der Waals surface area contributed by atoms with Crippen LogP contribution in [-0.2, 0) is 6.42 Å². The van der Waals surface area contributed by atoms with Gasteiger partial charge in [-0.2, -0.15) is 0 Å². The maximum absolute atomic E-state index is 5.38. The average Bonchev–Trinajstić information content (AvgIpc) is 3.01. The van der Waals surface area contributed by atoms with E-state index in [1.54, 1.807) is 7.11 Å². The summed E-state index contributed by atoms with van der Waals surface area (Å²) in [5.74, 6) is 1.89. The van der Waals surface area contributed by atoms with Crippen molar-refractivity contribution < 1.29 is 4.74 Å². The number of guanidine groups is 1. The molecule has 0 aromatic heterocycles. The Morgan fingerprint density at radius 2 is 2.00 bits per heavy atom. The molecule has 1 saturated carbocycles. The summed E-state index contributed by atoms with van der Waals surface area (Å²) in [6, 6.07) is 8.74. The molecule has 1 aromatic carbocycles. The number of methoxy groups -OCH3 is 1. The topological polar surface area (TPSA) is 45.7 Å². The summed E-state index contributed by atoms with van der Waals surface area (Å²) < 4.78 is 5.38. The Kier molecular flexibility index (Phi) is 9.27. The highest BCUT2D eigenvalue weighted by Gasteiger charge is 2.15. The molecule has 0 atom stereocenters. The Bertz CT molecular complexity index is 459. The SMILES string of the molecule is CCNC(=NCCc1ccccc1OC)NC1CCCC1.I. The van der Waals surface area contributed by atoms with Crippen molar-refractivity contribution in [2.45, 2.75) is 45.1 Å². The molecular formula is C17H28IN3O. The average molecular weight is 417 g/mol. The lowest BCUT2D eigenvalue weighted by atomic mass is 10.1. The molecule has 2 rings (SSSR count). The standard InChI is InChI=1S/C17H27N3O.HI/c1-3-18-17(20-15-9-5-6-10-15)19-13-12-14-8-4-7-11-16(14)21-2;/h4,7-8,11,15H,3,5-6,9-10,12-13H2,1-2H3,(H2,18,19,20);1H. The van der Waals surface area contributed by atoms with E-state index in [1.807, 2.05) is 18.2 Å². The number of hydrogen-bond acceptors (Lipinski definition) is 2. The second kappa shape index (κ2) is 10.7. The molecule has 1 fully saturated rings. The molecule has 22 heavy (non-hydrogen) atoms. The number of benzene rings is 1. The molecule has 2 N–H and O–H groups in total. The van der Waals surface area contributed by atoms with Gasteiger partial charge in [-0.25, -0.2) is 0 Å². The second-order valence-corrected chi connectivity index (χ2v) is 5.45. The van der Waals surface area contributed by atoms with Crippen LogP contribution in [0.3, 0.4) is 0 Å². The summed E-state index contributed by atoms with van der Waals surface area (Å²) in [5, 5.41) is 6.87. The summed E-state index contributed by atoms with van der Waals surface area (Å²) in [6.07, 6.45) is 6.08. The van der Waals surface area contributed by atoms with Gasteiger partial charge >= 0.3 is 0 Å². The number of nitrogens with one attached hydrogen (secondary N) is 2. The van der Waals surface area contributed by atoms with Gasteiger partial charge in [-0.1, -0.05) is 31.0 Å². The fourth-order valence-corrected chi connectivity index (χ4v) is 2.78. The van der Waals surface area contributed by atoms with Crippen LogP contribution in [0.25, 0.3) is 0 Å². The van der Waals surface area contributed by atoms with Crippen LogP contribution in [0.5, 0.6) is 5.75 Å². The van der Waals surface area contributed by atoms with E-state index >= 15 is 0 Å². The zero-order valence-electron chi connectivity index (χ0n) is 13.6. The van der Waals surface area contributed by atoms with Gasteiger partial charge in [0.15, 0.2) is 5.96 Å². The van der Waals surface area contributed by atoms with Gasteiger partial charge in [-0.15, -0.1) is 24.0 Å². The van der Waals surface area contributed by atoms with Gasteiger partial charge in [0.05, 0.1) is 7.11 Å². The molecule has 0 amide bonds. The van der Waals surface area contributed by atoms with Crippen molar-refractivity contribution in [3.63, 3.8) is 0 Å². The van der Waals surface area contributed by atoms with Crippen LogP contribution >= 0.6 is 24.0 Å². The molecule has 5 heteroatoms. The zero-order valence-corrected chi connectivity index (χ0v) is 15.9. The Labute approximate surface area is 151 Å². The number of aliphatic imine (C=N–C) groups is 1. The molecule has 4 nitrogen and oxygen atoms in total. The molecule has 0 heterocycles. The molecule has 0 saturated heterocycles. The van der Waals surface area contributed by atoms with E-state index in [-0.39, 0.29) is 24.0 Å². The van der Waals surface area contributed by atoms with E-state index in [0.29, 0.717) is 6.04 Å². The van der Waals surface area contributed by atoms with Gasteiger partial charge in [0, 0.05) is 19.1 Å². The third-order valence-corrected chi connectivity index (χ3v) is 3.88. The third kappa shape index (κ3) is 6.02. The van der Waals surface area contributed by atoms with Crippen LogP contribution in [0, 0.1) is 0 Å². The van der Waals surface area contributed by atoms with Crippen LogP contribution in [0.1, 0.15) is 38.2 Å². The van der Waals surface area contributed by atoms with E-state index in [0.717, 1.165) is 31.2 Å². The Morgan fingerprint density at radius 3 is 2.68 bits per heavy atom. The molecular weight excluding hydrogens is 389 g/mol. The summed E-state index contributed by atoms with van der Waals surface area (Å²) in [4.78, 5) is 4.69. The Morgan fingerprint density at radius 1 is 1.27 bits per heavy atom. The van der Waals surface area contributed by atoms with Crippen LogP contribution in [0.2, 0.25) is 0 Å². The maximum atomic E-state index is 5.38. The van der Waals surface area contributed by atoms with Crippen molar-refractivity contribution in [1.82, 2.24) is 10.6 Å². The lowest BCUT2D eigenvalue weighted by Gasteiger charge is -2.16. The molecule has 0 spiro atoms. The minimum Gasteiger partial charge on any atom is -0.496 e. The quantitative estimate of drug-likeness (QED) is 0.424. The van der Waals surface area contributed by atoms with E-state index in [1.165, 1.54) is 31.2 Å². The normalized spacial score (nSPS) is 15.3. The third-order valence-electron chi connectivity index (χ3n) is 3.88. The van der Waals surface area contributed by atoms with Gasteiger partial charge in [0.25, 0.3) is 0 Å². The van der Waals surface area contributed by atoms with Crippen molar-refractivity contribution in [1.29, 1.82) is 0 Å². The molecule has 1 aliphatic rings. The molecule has 0 unspecified atom stereocenters. The summed E-state index contributed by atoms with van der Waals surface area (Å²) >= 11 is 0. The Balaban J connectivity index is 0.00000242. The van der Waals surface area contributed by atoms with Gasteiger partial charge in [0.2, 0.25) is 0 Å². The van der Waals surface area contributed by atoms with E-state index in [2.05, 4.69) is 28.6 Å². The van der Waals surface area contributed by atoms with Crippen LogP contribution in [-0.4, -0.2) is 32.2 Å². The highest BCUT2D eigenvalue weighted by atomic mass is 127. The van der Waals surface area contributed by atoms with Gasteiger partial charge in [0.1, 0.15) is 5.75 Å². The van der Waals surface area contributed by atoms with Crippen LogP contribution in [0.4, 0.5) is 0 Å². The molecule has 0 bridgehead atoms. The summed E-state index contributed by atoms with van der Waals surface area (Å²) in [6.45, 7) is 3.77. The first kappa shape index (κ1) is 19.1. The lowest BCUT2D eigenvalue weighted by Crippen LogP contribution is -2.42. The number of hydrogen-bond donors (Lipinski definition) is 2. The van der Waals surface area contributed by atoms with Crippen molar-refractivity contribution in [2.24, 2.45) is 4.99 Å². The smallest absolute Gasteiger partial charge is 0.191 e. The lowest BCUT2D eigenvalue weighted by molar-refractivity contribution is 0.410. The minimum absolute atomic E-state index is 0. The molecule has 1 aliphatic carbocycles. The number of nitrogens with zero attached hydrogens (tertiary/aromatic N) is 1. The first-order valence-electron chi connectivity index (χ1n) is 8.00. The summed E-state index contributed by atoms with van der Waals surface area (Å²) in [5.41, 5.74) is 1.21. The Hall–Kier alpha value is -0.980. The number of para-hydroxylation sites is 1. The number of rotatable bonds is 6. The second-order valence-electron chi connectivity index (χ2n) is 5.45. The fraction of sp³-hybridized carbons (Fsp3) is 0.588. The predicted octanol–water partition coefficient (Wildman–Crippen LogP) is 3.35. The predicted molar refractivity (Wildman–Crippen MR) is 103 cm³/mol. The van der Waals surface area contributed by atoms with Crippen LogP contribution < -0.4 is 15.4 Å². The number of halogens is 1. The van der Waals surface area contributed by atoms with Crippen molar-refractivity contribution in [3.05, 3.63) is 29.8 Å². The van der Waals surface area contributed by atoms with Gasteiger partial charge in [-0.3, -0.25) is 4.99 Å². The largest absolute Gasteiger partial charge is 0.496 e. The van der Waals surface area contributed by atoms with Crippen LogP contribution in [0.15, 0.2) is 29.3 Å². The molecule has 0 radical (unpaired) electrons.